The molecule has 0 saturated carbocycles. The van der Waals surface area contributed by atoms with Gasteiger partial charge in [0.15, 0.2) is 0 Å². The molecule has 0 aromatic heterocycles. The molecule has 3 heteroatoms. The number of carbonyl (C=O) groups is 1. The highest BCUT2D eigenvalue weighted by atomic mass is 16.6. The molecule has 3 nitrogen and oxygen atoms in total. The normalized spacial score (nSPS) is 12.6. The van der Waals surface area contributed by atoms with Gasteiger partial charge < -0.3 is 9.47 Å². The van der Waals surface area contributed by atoms with E-state index in [-0.39, 0.29) is 12.1 Å². The molecule has 0 N–H and O–H groups in total. The molecule has 0 rings (SSSR count). The number of ether oxygens (including phenoxy) is 2. The Kier molecular flexibility index (Phi) is 6.76. The number of esters is 1. The van der Waals surface area contributed by atoms with Crippen molar-refractivity contribution in [1.82, 2.24) is 0 Å². The second-order valence-electron chi connectivity index (χ2n) is 2.52. The summed E-state index contributed by atoms with van der Waals surface area (Å²) in [6.07, 6.45) is 1.37. The molecule has 0 bridgehead atoms. The van der Waals surface area contributed by atoms with Crippen LogP contribution in [-0.4, -0.2) is 25.3 Å². The standard InChI is InChI=1S/C9H18O3/c1-4-8(11-6-3)7-12-9(10)5-2/h8H,4-7H2,1-3H3. The Hall–Kier alpha value is -0.570. The van der Waals surface area contributed by atoms with Gasteiger partial charge in [-0.2, -0.15) is 0 Å². The fraction of sp³-hybridized carbons (Fsp3) is 0.889. The maximum absolute atomic E-state index is 10.8. The highest BCUT2D eigenvalue weighted by Crippen LogP contribution is 1.99. The molecule has 0 saturated heterocycles. The summed E-state index contributed by atoms with van der Waals surface area (Å²) < 4.78 is 10.2. The first-order chi connectivity index (χ1) is 5.74. The van der Waals surface area contributed by atoms with Gasteiger partial charge in [0.05, 0.1) is 6.10 Å². The Labute approximate surface area is 74.0 Å². The number of carbonyl (C=O) groups excluding carboxylic acids is 1. The topological polar surface area (TPSA) is 35.5 Å². The highest BCUT2D eigenvalue weighted by Gasteiger charge is 2.07. The van der Waals surface area contributed by atoms with E-state index in [9.17, 15) is 4.79 Å². The van der Waals surface area contributed by atoms with Crippen molar-refractivity contribution in [3.05, 3.63) is 0 Å². The molecule has 12 heavy (non-hydrogen) atoms. The number of hydrogen-bond donors (Lipinski definition) is 0. The smallest absolute Gasteiger partial charge is 0.305 e. The van der Waals surface area contributed by atoms with Crippen molar-refractivity contribution in [2.75, 3.05) is 13.2 Å². The molecule has 0 amide bonds. The van der Waals surface area contributed by atoms with Crippen LogP contribution in [0.1, 0.15) is 33.6 Å². The summed E-state index contributed by atoms with van der Waals surface area (Å²) >= 11 is 0. The van der Waals surface area contributed by atoms with Gasteiger partial charge in [-0.25, -0.2) is 0 Å². The summed E-state index contributed by atoms with van der Waals surface area (Å²) in [5.74, 6) is -0.159. The van der Waals surface area contributed by atoms with Gasteiger partial charge >= 0.3 is 5.97 Å². The molecule has 0 fully saturated rings. The van der Waals surface area contributed by atoms with Gasteiger partial charge in [-0.05, 0) is 13.3 Å². The molecular formula is C9H18O3. The zero-order valence-electron chi connectivity index (χ0n) is 8.13. The monoisotopic (exact) mass is 174 g/mol. The lowest BCUT2D eigenvalue weighted by Gasteiger charge is -2.14. The van der Waals surface area contributed by atoms with Gasteiger partial charge in [0.1, 0.15) is 6.61 Å². The molecule has 0 spiro atoms. The van der Waals surface area contributed by atoms with E-state index in [4.69, 9.17) is 9.47 Å². The molecule has 1 atom stereocenters. The molecule has 72 valence electrons. The van der Waals surface area contributed by atoms with Crippen LogP contribution in [0.4, 0.5) is 0 Å². The Bertz CT molecular complexity index is 123. The van der Waals surface area contributed by atoms with Crippen molar-refractivity contribution in [2.24, 2.45) is 0 Å². The van der Waals surface area contributed by atoms with E-state index in [1.807, 2.05) is 13.8 Å². The van der Waals surface area contributed by atoms with E-state index >= 15 is 0 Å². The van der Waals surface area contributed by atoms with Gasteiger partial charge in [0.25, 0.3) is 0 Å². The minimum absolute atomic E-state index is 0.0606. The van der Waals surface area contributed by atoms with E-state index in [1.165, 1.54) is 0 Å². The maximum atomic E-state index is 10.8. The summed E-state index contributed by atoms with van der Waals surface area (Å²) in [7, 11) is 0. The summed E-state index contributed by atoms with van der Waals surface area (Å²) in [4.78, 5) is 10.8. The lowest BCUT2D eigenvalue weighted by atomic mass is 10.3. The molecule has 1 unspecified atom stereocenters. The van der Waals surface area contributed by atoms with Gasteiger partial charge in [0, 0.05) is 13.0 Å². The fourth-order valence-electron chi connectivity index (χ4n) is 0.807. The van der Waals surface area contributed by atoms with E-state index in [2.05, 4.69) is 0 Å². The summed E-state index contributed by atoms with van der Waals surface area (Å²) in [6.45, 7) is 6.79. The van der Waals surface area contributed by atoms with E-state index in [0.717, 1.165) is 6.42 Å². The molecule has 0 aromatic carbocycles. The highest BCUT2D eigenvalue weighted by molar-refractivity contribution is 5.68. The first-order valence-corrected chi connectivity index (χ1v) is 4.51. The average Bonchev–Trinajstić information content (AvgIpc) is 2.11. The Morgan fingerprint density at radius 2 is 2.00 bits per heavy atom. The second kappa shape index (κ2) is 7.10. The Morgan fingerprint density at radius 1 is 1.33 bits per heavy atom. The zero-order valence-corrected chi connectivity index (χ0v) is 8.13. The molecule has 0 aliphatic rings. The molecule has 0 aromatic rings. The van der Waals surface area contributed by atoms with Crippen molar-refractivity contribution >= 4 is 5.97 Å². The van der Waals surface area contributed by atoms with Gasteiger partial charge in [-0.3, -0.25) is 4.79 Å². The van der Waals surface area contributed by atoms with Crippen molar-refractivity contribution < 1.29 is 14.3 Å². The maximum Gasteiger partial charge on any atom is 0.305 e. The van der Waals surface area contributed by atoms with Crippen LogP contribution in [0.25, 0.3) is 0 Å². The SMILES string of the molecule is CCOC(CC)COC(=O)CC. The van der Waals surface area contributed by atoms with Crippen LogP contribution in [-0.2, 0) is 14.3 Å². The van der Waals surface area contributed by atoms with Crippen molar-refractivity contribution in [3.63, 3.8) is 0 Å². The van der Waals surface area contributed by atoms with Gasteiger partial charge in [0.2, 0.25) is 0 Å². The van der Waals surface area contributed by atoms with Crippen molar-refractivity contribution in [2.45, 2.75) is 39.7 Å². The van der Waals surface area contributed by atoms with Crippen LogP contribution in [0.15, 0.2) is 0 Å². The third-order valence-corrected chi connectivity index (χ3v) is 1.58. The number of rotatable bonds is 6. The summed E-state index contributed by atoms with van der Waals surface area (Å²) in [6, 6.07) is 0. The van der Waals surface area contributed by atoms with Crippen LogP contribution < -0.4 is 0 Å². The fourth-order valence-corrected chi connectivity index (χ4v) is 0.807. The molecule has 0 heterocycles. The van der Waals surface area contributed by atoms with Gasteiger partial charge in [-0.15, -0.1) is 0 Å². The third kappa shape index (κ3) is 5.13. The molecular weight excluding hydrogens is 156 g/mol. The first kappa shape index (κ1) is 11.4. The van der Waals surface area contributed by atoms with Crippen LogP contribution >= 0.6 is 0 Å². The first-order valence-electron chi connectivity index (χ1n) is 4.51. The van der Waals surface area contributed by atoms with Crippen molar-refractivity contribution in [1.29, 1.82) is 0 Å². The predicted molar refractivity (Wildman–Crippen MR) is 47.0 cm³/mol. The molecule has 0 aliphatic carbocycles. The van der Waals surface area contributed by atoms with Crippen molar-refractivity contribution in [3.8, 4) is 0 Å². The lowest BCUT2D eigenvalue weighted by Crippen LogP contribution is -2.21. The summed E-state index contributed by atoms with van der Waals surface area (Å²) in [5.41, 5.74) is 0. The Morgan fingerprint density at radius 3 is 2.42 bits per heavy atom. The quantitative estimate of drug-likeness (QED) is 0.575. The summed E-state index contributed by atoms with van der Waals surface area (Å²) in [5, 5.41) is 0. The van der Waals surface area contributed by atoms with E-state index in [0.29, 0.717) is 19.6 Å². The molecule has 0 aliphatic heterocycles. The largest absolute Gasteiger partial charge is 0.463 e. The molecule has 0 radical (unpaired) electrons. The third-order valence-electron chi connectivity index (χ3n) is 1.58. The average molecular weight is 174 g/mol. The zero-order chi connectivity index (χ0) is 9.40. The van der Waals surface area contributed by atoms with Crippen LogP contribution in [0.3, 0.4) is 0 Å². The van der Waals surface area contributed by atoms with E-state index in [1.54, 1.807) is 6.92 Å². The van der Waals surface area contributed by atoms with Crippen LogP contribution in [0.5, 0.6) is 0 Å². The van der Waals surface area contributed by atoms with Crippen LogP contribution in [0.2, 0.25) is 0 Å². The predicted octanol–water partition coefficient (Wildman–Crippen LogP) is 1.75. The number of hydrogen-bond acceptors (Lipinski definition) is 3. The lowest BCUT2D eigenvalue weighted by molar-refractivity contribution is -0.147. The van der Waals surface area contributed by atoms with Gasteiger partial charge in [-0.1, -0.05) is 13.8 Å². The Balaban J connectivity index is 3.50. The minimum Gasteiger partial charge on any atom is -0.463 e. The van der Waals surface area contributed by atoms with Crippen LogP contribution in [0, 0.1) is 0 Å². The second-order valence-corrected chi connectivity index (χ2v) is 2.52. The minimum atomic E-state index is -0.159. The van der Waals surface area contributed by atoms with E-state index < -0.39 is 0 Å².